The van der Waals surface area contributed by atoms with E-state index in [9.17, 15) is 14.9 Å². The van der Waals surface area contributed by atoms with Gasteiger partial charge in [-0.2, -0.15) is 5.26 Å². The predicted octanol–water partition coefficient (Wildman–Crippen LogP) is 6.97. The summed E-state index contributed by atoms with van der Waals surface area (Å²) < 4.78 is 0. The van der Waals surface area contributed by atoms with Crippen molar-refractivity contribution in [2.24, 2.45) is 0 Å². The summed E-state index contributed by atoms with van der Waals surface area (Å²) in [6.07, 6.45) is 4.74. The Kier molecular flexibility index (Phi) is 9.04. The van der Waals surface area contributed by atoms with Gasteiger partial charge in [-0.15, -0.1) is 0 Å². The second kappa shape index (κ2) is 12.6. The SMILES string of the molecule is CCCCc1ccc(CC2S/C(=C(/C#N)C(=O)Nc3ccc(C)cc3)N(c3ccc(CC)cc3)C2=O)cc1. The van der Waals surface area contributed by atoms with Crippen LogP contribution in [0.3, 0.4) is 0 Å². The van der Waals surface area contributed by atoms with Gasteiger partial charge in [0.25, 0.3) is 5.91 Å². The second-order valence-corrected chi connectivity index (χ2v) is 10.7. The van der Waals surface area contributed by atoms with Crippen LogP contribution in [0.15, 0.2) is 83.4 Å². The zero-order valence-electron chi connectivity index (χ0n) is 22.2. The van der Waals surface area contributed by atoms with E-state index in [0.717, 1.165) is 42.4 Å². The van der Waals surface area contributed by atoms with Crippen molar-refractivity contribution in [3.8, 4) is 6.07 Å². The number of nitriles is 1. The lowest BCUT2D eigenvalue weighted by Crippen LogP contribution is -2.31. The van der Waals surface area contributed by atoms with Crippen LogP contribution in [-0.2, 0) is 28.9 Å². The third-order valence-corrected chi connectivity index (χ3v) is 7.94. The molecule has 1 N–H and O–H groups in total. The second-order valence-electron chi connectivity index (χ2n) is 9.54. The van der Waals surface area contributed by atoms with E-state index in [1.807, 2.05) is 43.3 Å². The number of hydrogen-bond donors (Lipinski definition) is 1. The Balaban J connectivity index is 1.65. The summed E-state index contributed by atoms with van der Waals surface area (Å²) in [4.78, 5) is 28.5. The topological polar surface area (TPSA) is 73.2 Å². The number of anilines is 2. The van der Waals surface area contributed by atoms with Crippen molar-refractivity contribution in [2.75, 3.05) is 10.2 Å². The molecule has 1 aliphatic heterocycles. The van der Waals surface area contributed by atoms with E-state index in [2.05, 4.69) is 49.5 Å². The first-order chi connectivity index (χ1) is 18.4. The maximum Gasteiger partial charge on any atom is 0.269 e. The van der Waals surface area contributed by atoms with Crippen LogP contribution in [0.25, 0.3) is 0 Å². The first-order valence-electron chi connectivity index (χ1n) is 13.1. The van der Waals surface area contributed by atoms with Gasteiger partial charge in [-0.3, -0.25) is 14.5 Å². The number of nitrogens with one attached hydrogen (secondary N) is 1. The number of amides is 2. The first-order valence-corrected chi connectivity index (χ1v) is 14.0. The fraction of sp³-hybridized carbons (Fsp3) is 0.281. The van der Waals surface area contributed by atoms with Gasteiger partial charge in [0.2, 0.25) is 5.91 Å². The van der Waals surface area contributed by atoms with Crippen molar-refractivity contribution in [3.63, 3.8) is 0 Å². The van der Waals surface area contributed by atoms with Gasteiger partial charge in [-0.05, 0) is 73.6 Å². The highest BCUT2D eigenvalue weighted by molar-refractivity contribution is 8.05. The fourth-order valence-corrected chi connectivity index (χ4v) is 5.68. The normalized spacial score (nSPS) is 16.3. The molecule has 6 heteroatoms. The summed E-state index contributed by atoms with van der Waals surface area (Å²) in [5, 5.41) is 12.8. The highest BCUT2D eigenvalue weighted by Crippen LogP contribution is 2.42. The minimum atomic E-state index is -0.525. The number of aryl methyl sites for hydroxylation is 3. The van der Waals surface area contributed by atoms with Gasteiger partial charge >= 0.3 is 0 Å². The Morgan fingerprint density at radius 3 is 2.18 bits per heavy atom. The number of rotatable bonds is 9. The summed E-state index contributed by atoms with van der Waals surface area (Å²) in [7, 11) is 0. The van der Waals surface area contributed by atoms with Gasteiger partial charge in [0, 0.05) is 11.4 Å². The molecule has 1 atom stereocenters. The monoisotopic (exact) mass is 523 g/mol. The molecule has 1 saturated heterocycles. The number of hydrogen-bond acceptors (Lipinski definition) is 4. The number of unbranched alkanes of at least 4 members (excludes halogenated alkanes) is 1. The number of carbonyl (C=O) groups is 2. The van der Waals surface area contributed by atoms with Crippen LogP contribution >= 0.6 is 11.8 Å². The van der Waals surface area contributed by atoms with Crippen LogP contribution in [0, 0.1) is 18.3 Å². The molecule has 1 heterocycles. The number of nitrogens with zero attached hydrogens (tertiary/aromatic N) is 2. The molecule has 0 aromatic heterocycles. The molecule has 1 fully saturated rings. The molecule has 0 radical (unpaired) electrons. The average molecular weight is 524 g/mol. The van der Waals surface area contributed by atoms with Crippen LogP contribution in [0.2, 0.25) is 0 Å². The van der Waals surface area contributed by atoms with Crippen molar-refractivity contribution in [3.05, 3.63) is 106 Å². The van der Waals surface area contributed by atoms with E-state index < -0.39 is 11.2 Å². The van der Waals surface area contributed by atoms with Crippen LogP contribution in [-0.4, -0.2) is 17.1 Å². The zero-order valence-corrected chi connectivity index (χ0v) is 23.0. The molecule has 2 amide bonds. The summed E-state index contributed by atoms with van der Waals surface area (Å²) in [6.45, 7) is 6.22. The maximum absolute atomic E-state index is 13.8. The molecule has 0 saturated carbocycles. The van der Waals surface area contributed by atoms with E-state index in [1.54, 1.807) is 12.1 Å². The molecule has 1 unspecified atom stereocenters. The minimum Gasteiger partial charge on any atom is -0.321 e. The summed E-state index contributed by atoms with van der Waals surface area (Å²) >= 11 is 1.29. The zero-order chi connectivity index (χ0) is 27.1. The number of carbonyl (C=O) groups excluding carboxylic acids is 2. The van der Waals surface area contributed by atoms with Gasteiger partial charge in [0.05, 0.1) is 5.25 Å². The summed E-state index contributed by atoms with van der Waals surface area (Å²) in [5.41, 5.74) is 5.75. The lowest BCUT2D eigenvalue weighted by atomic mass is 10.0. The van der Waals surface area contributed by atoms with E-state index in [4.69, 9.17) is 0 Å². The van der Waals surface area contributed by atoms with E-state index in [-0.39, 0.29) is 11.5 Å². The van der Waals surface area contributed by atoms with Crippen molar-refractivity contribution in [2.45, 2.75) is 58.1 Å². The molecule has 3 aromatic carbocycles. The lowest BCUT2D eigenvalue weighted by Gasteiger charge is -2.19. The molecule has 194 valence electrons. The Bertz CT molecular complexity index is 1350. The van der Waals surface area contributed by atoms with E-state index in [0.29, 0.717) is 22.8 Å². The Morgan fingerprint density at radius 1 is 0.947 bits per heavy atom. The average Bonchev–Trinajstić information content (AvgIpc) is 3.25. The van der Waals surface area contributed by atoms with Gasteiger partial charge in [-0.25, -0.2) is 0 Å². The lowest BCUT2D eigenvalue weighted by molar-refractivity contribution is -0.117. The number of benzene rings is 3. The van der Waals surface area contributed by atoms with Crippen molar-refractivity contribution in [1.29, 1.82) is 5.26 Å². The third-order valence-electron chi connectivity index (χ3n) is 6.68. The Labute approximate surface area is 229 Å². The van der Waals surface area contributed by atoms with E-state index in [1.165, 1.54) is 22.2 Å². The van der Waals surface area contributed by atoms with Crippen LogP contribution in [0.5, 0.6) is 0 Å². The number of thioether (sulfide) groups is 1. The summed E-state index contributed by atoms with van der Waals surface area (Å²) in [6, 6.07) is 25.6. The van der Waals surface area contributed by atoms with E-state index >= 15 is 0 Å². The molecule has 0 spiro atoms. The molecule has 1 aliphatic rings. The molecule has 0 bridgehead atoms. The molecule has 4 rings (SSSR count). The Morgan fingerprint density at radius 2 is 1.58 bits per heavy atom. The van der Waals surface area contributed by atoms with Gasteiger partial charge in [0.1, 0.15) is 16.7 Å². The van der Waals surface area contributed by atoms with Crippen molar-refractivity contribution in [1.82, 2.24) is 0 Å². The fourth-order valence-electron chi connectivity index (χ4n) is 4.37. The molecule has 5 nitrogen and oxygen atoms in total. The Hall–Kier alpha value is -3.82. The highest BCUT2D eigenvalue weighted by atomic mass is 32.2. The highest BCUT2D eigenvalue weighted by Gasteiger charge is 2.40. The largest absolute Gasteiger partial charge is 0.321 e. The molecule has 0 aliphatic carbocycles. The van der Waals surface area contributed by atoms with Gasteiger partial charge < -0.3 is 5.32 Å². The molecular weight excluding hydrogens is 490 g/mol. The molecule has 38 heavy (non-hydrogen) atoms. The first kappa shape index (κ1) is 27.2. The van der Waals surface area contributed by atoms with Crippen LogP contribution in [0.1, 0.15) is 48.9 Å². The smallest absolute Gasteiger partial charge is 0.269 e. The summed E-state index contributed by atoms with van der Waals surface area (Å²) in [5.74, 6) is -0.650. The third kappa shape index (κ3) is 6.35. The van der Waals surface area contributed by atoms with Gasteiger partial charge in [0.15, 0.2) is 0 Å². The van der Waals surface area contributed by atoms with Crippen molar-refractivity contribution < 1.29 is 9.59 Å². The predicted molar refractivity (Wildman–Crippen MR) is 156 cm³/mol. The quantitative estimate of drug-likeness (QED) is 0.243. The molecule has 3 aromatic rings. The molecular formula is C32H33N3O2S. The minimum absolute atomic E-state index is 0.0686. The van der Waals surface area contributed by atoms with Crippen LogP contribution in [0.4, 0.5) is 11.4 Å². The standard InChI is InChI=1S/C32H33N3O2S/c1-4-6-7-24-10-12-25(13-11-24)20-29-31(37)35(27-18-14-23(5-2)15-19-27)32(38-29)28(21-33)30(36)34-26-16-8-22(3)9-17-26/h8-19,29H,4-7,20H2,1-3H3,(H,34,36)/b32-28-. The van der Waals surface area contributed by atoms with Crippen molar-refractivity contribution >= 4 is 35.0 Å². The van der Waals surface area contributed by atoms with Crippen LogP contribution < -0.4 is 10.2 Å². The maximum atomic E-state index is 13.8. The van der Waals surface area contributed by atoms with Gasteiger partial charge in [-0.1, -0.05) is 86.1 Å².